The zero-order valence-electron chi connectivity index (χ0n) is 11.6. The van der Waals surface area contributed by atoms with Crippen molar-refractivity contribution in [2.45, 2.75) is 25.8 Å². The van der Waals surface area contributed by atoms with E-state index in [1.807, 2.05) is 6.07 Å². The molecule has 1 spiro atoms. The Kier molecular flexibility index (Phi) is 3.72. The molecule has 1 aliphatic heterocycles. The molecular formula is C15H20N2O3. The maximum atomic E-state index is 10.8. The molecule has 1 heterocycles. The summed E-state index contributed by atoms with van der Waals surface area (Å²) in [6.45, 7) is 4.36. The molecule has 1 saturated carbocycles. The molecule has 1 aromatic carbocycles. The van der Waals surface area contributed by atoms with E-state index in [1.54, 1.807) is 18.2 Å². The second kappa shape index (κ2) is 5.50. The van der Waals surface area contributed by atoms with Gasteiger partial charge in [-0.1, -0.05) is 18.6 Å². The SMILES string of the molecule is O=[N+]([O-])c1cccc(CN2CCOCC3(CCC3)C2)c1. The van der Waals surface area contributed by atoms with Crippen LogP contribution in [0, 0.1) is 15.5 Å². The minimum Gasteiger partial charge on any atom is -0.379 e. The monoisotopic (exact) mass is 276 g/mol. The number of non-ortho nitro benzene ring substituents is 1. The number of nitrogens with zero attached hydrogens (tertiary/aromatic N) is 2. The van der Waals surface area contributed by atoms with E-state index in [0.717, 1.165) is 38.4 Å². The van der Waals surface area contributed by atoms with Crippen molar-refractivity contribution in [2.24, 2.45) is 5.41 Å². The van der Waals surface area contributed by atoms with Crippen molar-refractivity contribution >= 4 is 5.69 Å². The lowest BCUT2D eigenvalue weighted by Crippen LogP contribution is -2.43. The van der Waals surface area contributed by atoms with Crippen molar-refractivity contribution in [1.29, 1.82) is 0 Å². The van der Waals surface area contributed by atoms with Crippen LogP contribution >= 0.6 is 0 Å². The number of hydrogen-bond acceptors (Lipinski definition) is 4. The largest absolute Gasteiger partial charge is 0.379 e. The van der Waals surface area contributed by atoms with Crippen molar-refractivity contribution in [3.05, 3.63) is 39.9 Å². The zero-order chi connectivity index (χ0) is 14.0. The summed E-state index contributed by atoms with van der Waals surface area (Å²) in [4.78, 5) is 12.9. The van der Waals surface area contributed by atoms with Crippen molar-refractivity contribution < 1.29 is 9.66 Å². The Bertz CT molecular complexity index is 500. The Labute approximate surface area is 118 Å². The van der Waals surface area contributed by atoms with Crippen LogP contribution in [0.4, 0.5) is 5.69 Å². The Morgan fingerprint density at radius 1 is 1.40 bits per heavy atom. The predicted octanol–water partition coefficient (Wildman–Crippen LogP) is 2.60. The van der Waals surface area contributed by atoms with E-state index >= 15 is 0 Å². The van der Waals surface area contributed by atoms with Gasteiger partial charge in [-0.05, 0) is 18.4 Å². The summed E-state index contributed by atoms with van der Waals surface area (Å²) < 4.78 is 5.73. The van der Waals surface area contributed by atoms with Gasteiger partial charge >= 0.3 is 0 Å². The van der Waals surface area contributed by atoms with Gasteiger partial charge in [0.15, 0.2) is 0 Å². The molecule has 0 radical (unpaired) electrons. The third-order valence-electron chi connectivity index (χ3n) is 4.46. The lowest BCUT2D eigenvalue weighted by molar-refractivity contribution is -0.384. The van der Waals surface area contributed by atoms with Crippen molar-refractivity contribution in [1.82, 2.24) is 4.90 Å². The summed E-state index contributed by atoms with van der Waals surface area (Å²) in [5.74, 6) is 0. The summed E-state index contributed by atoms with van der Waals surface area (Å²) in [7, 11) is 0. The first-order valence-electron chi connectivity index (χ1n) is 7.20. The van der Waals surface area contributed by atoms with Gasteiger partial charge < -0.3 is 4.74 Å². The highest BCUT2D eigenvalue weighted by atomic mass is 16.6. The van der Waals surface area contributed by atoms with Crippen molar-refractivity contribution in [3.63, 3.8) is 0 Å². The molecule has 5 heteroatoms. The Hall–Kier alpha value is -1.46. The van der Waals surface area contributed by atoms with Crippen LogP contribution in [-0.2, 0) is 11.3 Å². The predicted molar refractivity (Wildman–Crippen MR) is 75.5 cm³/mol. The number of nitro groups is 1. The average Bonchev–Trinajstić information content (AvgIpc) is 2.61. The first kappa shape index (κ1) is 13.5. The van der Waals surface area contributed by atoms with Crippen LogP contribution < -0.4 is 0 Å². The Morgan fingerprint density at radius 3 is 2.95 bits per heavy atom. The van der Waals surface area contributed by atoms with Gasteiger partial charge in [0.1, 0.15) is 0 Å². The number of hydrogen-bond donors (Lipinski definition) is 0. The molecule has 1 saturated heterocycles. The number of benzene rings is 1. The van der Waals surface area contributed by atoms with E-state index in [1.165, 1.54) is 19.3 Å². The number of nitro benzene ring substituents is 1. The molecule has 1 aromatic rings. The molecule has 0 amide bonds. The highest BCUT2D eigenvalue weighted by Gasteiger charge is 2.40. The molecule has 0 aromatic heterocycles. The van der Waals surface area contributed by atoms with Crippen LogP contribution in [-0.4, -0.2) is 36.1 Å². The van der Waals surface area contributed by atoms with Crippen molar-refractivity contribution in [3.8, 4) is 0 Å². The number of rotatable bonds is 3. The molecule has 5 nitrogen and oxygen atoms in total. The quantitative estimate of drug-likeness (QED) is 0.629. The molecule has 1 aliphatic carbocycles. The van der Waals surface area contributed by atoms with Gasteiger partial charge in [0.2, 0.25) is 0 Å². The molecule has 20 heavy (non-hydrogen) atoms. The normalized spacial score (nSPS) is 22.2. The van der Waals surface area contributed by atoms with E-state index in [9.17, 15) is 10.1 Å². The fourth-order valence-corrected chi connectivity index (χ4v) is 3.22. The molecule has 0 atom stereocenters. The standard InChI is InChI=1S/C15H20N2O3/c18-17(19)14-4-1-3-13(9-14)10-16-7-8-20-12-15(11-16)5-2-6-15/h1,3-4,9H,2,5-8,10-12H2. The van der Waals surface area contributed by atoms with E-state index in [4.69, 9.17) is 4.74 Å². The summed E-state index contributed by atoms with van der Waals surface area (Å²) in [6, 6.07) is 6.95. The van der Waals surface area contributed by atoms with Crippen LogP contribution in [0.25, 0.3) is 0 Å². The van der Waals surface area contributed by atoms with Gasteiger partial charge in [-0.3, -0.25) is 15.0 Å². The minimum atomic E-state index is -0.331. The van der Waals surface area contributed by atoms with Gasteiger partial charge in [0.25, 0.3) is 5.69 Å². The average molecular weight is 276 g/mol. The summed E-state index contributed by atoms with van der Waals surface area (Å²) in [5.41, 5.74) is 1.53. The Balaban J connectivity index is 1.69. The molecule has 3 rings (SSSR count). The zero-order valence-corrected chi connectivity index (χ0v) is 11.6. The lowest BCUT2D eigenvalue weighted by atomic mass is 9.69. The van der Waals surface area contributed by atoms with E-state index in [-0.39, 0.29) is 10.6 Å². The van der Waals surface area contributed by atoms with Crippen LogP contribution in [0.1, 0.15) is 24.8 Å². The molecule has 2 aliphatic rings. The van der Waals surface area contributed by atoms with Gasteiger partial charge in [-0.15, -0.1) is 0 Å². The minimum absolute atomic E-state index is 0.173. The van der Waals surface area contributed by atoms with Crippen LogP contribution in [0.3, 0.4) is 0 Å². The maximum Gasteiger partial charge on any atom is 0.269 e. The highest BCUT2D eigenvalue weighted by Crippen LogP contribution is 2.42. The topological polar surface area (TPSA) is 55.6 Å². The highest BCUT2D eigenvalue weighted by molar-refractivity contribution is 5.34. The fraction of sp³-hybridized carbons (Fsp3) is 0.600. The van der Waals surface area contributed by atoms with Crippen LogP contribution in [0.2, 0.25) is 0 Å². The van der Waals surface area contributed by atoms with Gasteiger partial charge in [-0.2, -0.15) is 0 Å². The van der Waals surface area contributed by atoms with Crippen LogP contribution in [0.15, 0.2) is 24.3 Å². The molecule has 2 fully saturated rings. The number of ether oxygens (including phenoxy) is 1. The maximum absolute atomic E-state index is 10.8. The molecule has 108 valence electrons. The molecule has 0 bridgehead atoms. The molecule has 0 unspecified atom stereocenters. The first-order chi connectivity index (χ1) is 9.67. The van der Waals surface area contributed by atoms with E-state index < -0.39 is 0 Å². The van der Waals surface area contributed by atoms with E-state index in [2.05, 4.69) is 4.90 Å². The van der Waals surface area contributed by atoms with Gasteiger partial charge in [-0.25, -0.2) is 0 Å². The van der Waals surface area contributed by atoms with Gasteiger partial charge in [0, 0.05) is 37.2 Å². The first-order valence-corrected chi connectivity index (χ1v) is 7.20. The smallest absolute Gasteiger partial charge is 0.269 e. The summed E-state index contributed by atoms with van der Waals surface area (Å²) in [5, 5.41) is 10.8. The molecular weight excluding hydrogens is 256 g/mol. The van der Waals surface area contributed by atoms with Gasteiger partial charge in [0.05, 0.1) is 18.1 Å². The Morgan fingerprint density at radius 2 is 2.25 bits per heavy atom. The third-order valence-corrected chi connectivity index (χ3v) is 4.46. The second-order valence-electron chi connectivity index (χ2n) is 6.04. The fourth-order valence-electron chi connectivity index (χ4n) is 3.22. The second-order valence-corrected chi connectivity index (χ2v) is 6.04. The van der Waals surface area contributed by atoms with Crippen LogP contribution in [0.5, 0.6) is 0 Å². The third kappa shape index (κ3) is 2.83. The lowest BCUT2D eigenvalue weighted by Gasteiger charge is -2.42. The molecule has 0 N–H and O–H groups in total. The van der Waals surface area contributed by atoms with E-state index in [0.29, 0.717) is 5.41 Å². The summed E-state index contributed by atoms with van der Waals surface area (Å²) in [6.07, 6.45) is 3.80. The van der Waals surface area contributed by atoms with Crippen molar-refractivity contribution in [2.75, 3.05) is 26.3 Å². The summed E-state index contributed by atoms with van der Waals surface area (Å²) >= 11 is 0.